The van der Waals surface area contributed by atoms with Crippen LogP contribution in [0.4, 0.5) is 0 Å². The highest BCUT2D eigenvalue weighted by Crippen LogP contribution is 2.56. The fourth-order valence-corrected chi connectivity index (χ4v) is 5.67. The number of alkyl halides is 1. The minimum Gasteiger partial charge on any atom is -0.507 e. The van der Waals surface area contributed by atoms with Crippen LogP contribution < -0.4 is 0 Å². The maximum Gasteiger partial charge on any atom is 0.152 e. The standard InChI is InChI=1S/C18H16Br2O2/c1-18-7-6-10-9-4-5-15(21)16(20)12(9)3-2-11(10)13(18)8-14(19)17(18)22/h2-5,13-14,21H,6-8H2,1H3/t13-,14+,18-/m0/s1. The van der Waals surface area contributed by atoms with E-state index in [-0.39, 0.29) is 16.0 Å². The molecule has 0 unspecified atom stereocenters. The summed E-state index contributed by atoms with van der Waals surface area (Å²) in [6.07, 6.45) is 2.71. The van der Waals surface area contributed by atoms with E-state index in [1.54, 1.807) is 6.07 Å². The lowest BCUT2D eigenvalue weighted by Gasteiger charge is -2.37. The molecule has 2 aromatic carbocycles. The molecule has 0 aliphatic heterocycles. The van der Waals surface area contributed by atoms with Crippen molar-refractivity contribution in [3.05, 3.63) is 39.9 Å². The number of phenols is 1. The van der Waals surface area contributed by atoms with Crippen molar-refractivity contribution in [1.82, 2.24) is 0 Å². The average Bonchev–Trinajstić information content (AvgIpc) is 2.74. The predicted octanol–water partition coefficient (Wildman–Crippen LogP) is 5.08. The number of rotatable bonds is 0. The van der Waals surface area contributed by atoms with E-state index in [1.807, 2.05) is 6.07 Å². The Morgan fingerprint density at radius 3 is 2.73 bits per heavy atom. The van der Waals surface area contributed by atoms with Crippen LogP contribution in [0.1, 0.15) is 36.8 Å². The maximum absolute atomic E-state index is 12.5. The summed E-state index contributed by atoms with van der Waals surface area (Å²) in [5.74, 6) is 0.921. The molecule has 0 aromatic heterocycles. The number of carbonyl (C=O) groups is 1. The summed E-state index contributed by atoms with van der Waals surface area (Å²) >= 11 is 7.04. The summed E-state index contributed by atoms with van der Waals surface area (Å²) in [5.41, 5.74) is 2.42. The highest BCUT2D eigenvalue weighted by Gasteiger charge is 2.53. The second kappa shape index (κ2) is 4.81. The van der Waals surface area contributed by atoms with Gasteiger partial charge >= 0.3 is 0 Å². The average molecular weight is 424 g/mol. The van der Waals surface area contributed by atoms with Gasteiger partial charge in [0.25, 0.3) is 0 Å². The molecule has 1 saturated carbocycles. The second-order valence-corrected chi connectivity index (χ2v) is 8.56. The third-order valence-corrected chi connectivity index (χ3v) is 7.21. The number of Topliss-reactive ketones (excluding diaryl/α,β-unsaturated/α-hetero) is 1. The lowest BCUT2D eigenvalue weighted by atomic mass is 9.66. The minimum atomic E-state index is -0.233. The summed E-state index contributed by atoms with van der Waals surface area (Å²) < 4.78 is 0.752. The van der Waals surface area contributed by atoms with Gasteiger partial charge in [0, 0.05) is 5.41 Å². The lowest BCUT2D eigenvalue weighted by molar-refractivity contribution is -0.125. The van der Waals surface area contributed by atoms with Crippen LogP contribution in [0.2, 0.25) is 0 Å². The number of ketones is 1. The number of aryl methyl sites for hydroxylation is 1. The summed E-state index contributed by atoms with van der Waals surface area (Å²) in [4.78, 5) is 12.5. The molecule has 0 bridgehead atoms. The van der Waals surface area contributed by atoms with E-state index in [0.717, 1.165) is 29.1 Å². The summed E-state index contributed by atoms with van der Waals surface area (Å²) in [5, 5.41) is 12.1. The Hall–Kier alpha value is -0.870. The first-order valence-electron chi connectivity index (χ1n) is 7.55. The van der Waals surface area contributed by atoms with Gasteiger partial charge in [-0.05, 0) is 69.1 Å². The molecule has 0 amide bonds. The lowest BCUT2D eigenvalue weighted by Crippen LogP contribution is -2.33. The molecule has 1 N–H and O–H groups in total. The van der Waals surface area contributed by atoms with Gasteiger partial charge < -0.3 is 5.11 Å². The smallest absolute Gasteiger partial charge is 0.152 e. The molecule has 4 rings (SSSR count). The molecule has 2 aromatic rings. The third-order valence-electron chi connectivity index (χ3n) is 5.59. The molecule has 3 atom stereocenters. The van der Waals surface area contributed by atoms with Crippen LogP contribution >= 0.6 is 31.9 Å². The summed E-state index contributed by atoms with van der Waals surface area (Å²) in [7, 11) is 0. The monoisotopic (exact) mass is 422 g/mol. The summed E-state index contributed by atoms with van der Waals surface area (Å²) in [6, 6.07) is 7.96. The van der Waals surface area contributed by atoms with Crippen molar-refractivity contribution in [2.45, 2.75) is 36.9 Å². The fraction of sp³-hybridized carbons (Fsp3) is 0.389. The second-order valence-electron chi connectivity index (χ2n) is 6.66. The zero-order chi connectivity index (χ0) is 15.6. The van der Waals surface area contributed by atoms with Crippen LogP contribution in [0.5, 0.6) is 5.75 Å². The minimum absolute atomic E-state index is 0.0179. The topological polar surface area (TPSA) is 37.3 Å². The number of halogens is 2. The van der Waals surface area contributed by atoms with E-state index in [2.05, 4.69) is 50.9 Å². The van der Waals surface area contributed by atoms with Gasteiger partial charge in [-0.15, -0.1) is 0 Å². The van der Waals surface area contributed by atoms with E-state index in [1.165, 1.54) is 16.5 Å². The molecular formula is C18H16Br2O2. The van der Waals surface area contributed by atoms with Gasteiger partial charge in [-0.1, -0.05) is 41.1 Å². The molecule has 1 fully saturated rings. The predicted molar refractivity (Wildman–Crippen MR) is 94.8 cm³/mol. The van der Waals surface area contributed by atoms with Gasteiger partial charge in [0.15, 0.2) is 5.78 Å². The first-order valence-corrected chi connectivity index (χ1v) is 9.25. The molecule has 4 heteroatoms. The number of aromatic hydroxyl groups is 1. The van der Waals surface area contributed by atoms with Crippen LogP contribution in [0.15, 0.2) is 28.7 Å². The Morgan fingerprint density at radius 2 is 1.95 bits per heavy atom. The molecule has 2 nitrogen and oxygen atoms in total. The van der Waals surface area contributed by atoms with E-state index in [9.17, 15) is 9.90 Å². The molecular weight excluding hydrogens is 408 g/mol. The van der Waals surface area contributed by atoms with Gasteiger partial charge in [-0.3, -0.25) is 4.79 Å². The van der Waals surface area contributed by atoms with Crippen molar-refractivity contribution in [1.29, 1.82) is 0 Å². The van der Waals surface area contributed by atoms with Gasteiger partial charge in [-0.2, -0.15) is 0 Å². The molecule has 0 saturated heterocycles. The van der Waals surface area contributed by atoms with Crippen LogP contribution in [-0.2, 0) is 11.2 Å². The molecule has 22 heavy (non-hydrogen) atoms. The Morgan fingerprint density at radius 1 is 1.23 bits per heavy atom. The van der Waals surface area contributed by atoms with E-state index in [4.69, 9.17) is 0 Å². The highest BCUT2D eigenvalue weighted by atomic mass is 79.9. The molecule has 0 radical (unpaired) electrons. The summed E-state index contributed by atoms with van der Waals surface area (Å²) in [6.45, 7) is 2.13. The van der Waals surface area contributed by atoms with Crippen molar-refractivity contribution in [2.24, 2.45) is 5.41 Å². The van der Waals surface area contributed by atoms with Gasteiger partial charge in [0.1, 0.15) is 5.75 Å². The largest absolute Gasteiger partial charge is 0.507 e. The Bertz CT molecular complexity index is 814. The van der Waals surface area contributed by atoms with Crippen LogP contribution in [0.3, 0.4) is 0 Å². The van der Waals surface area contributed by atoms with E-state index in [0.29, 0.717) is 11.7 Å². The Balaban J connectivity index is 1.96. The highest BCUT2D eigenvalue weighted by molar-refractivity contribution is 9.10. The number of benzene rings is 2. The molecule has 2 aliphatic rings. The van der Waals surface area contributed by atoms with Crippen molar-refractivity contribution < 1.29 is 9.90 Å². The number of hydrogen-bond acceptors (Lipinski definition) is 2. The first-order chi connectivity index (χ1) is 10.4. The Kier molecular flexibility index (Phi) is 3.22. The first kappa shape index (κ1) is 14.7. The molecule has 114 valence electrons. The van der Waals surface area contributed by atoms with Crippen molar-refractivity contribution in [2.75, 3.05) is 0 Å². The number of carbonyl (C=O) groups excluding carboxylic acids is 1. The molecule has 0 spiro atoms. The number of phenolic OH excluding ortho intramolecular Hbond substituents is 1. The quantitative estimate of drug-likeness (QED) is 0.600. The molecule has 0 heterocycles. The number of fused-ring (bicyclic) bond motifs is 5. The van der Waals surface area contributed by atoms with Gasteiger partial charge in [0.2, 0.25) is 0 Å². The zero-order valence-corrected chi connectivity index (χ0v) is 15.4. The molecule has 2 aliphatic carbocycles. The van der Waals surface area contributed by atoms with E-state index < -0.39 is 0 Å². The van der Waals surface area contributed by atoms with Crippen molar-refractivity contribution in [3.8, 4) is 5.75 Å². The van der Waals surface area contributed by atoms with Crippen molar-refractivity contribution in [3.63, 3.8) is 0 Å². The van der Waals surface area contributed by atoms with Crippen LogP contribution in [-0.4, -0.2) is 15.7 Å². The van der Waals surface area contributed by atoms with Crippen LogP contribution in [0.25, 0.3) is 10.8 Å². The third kappa shape index (κ3) is 1.80. The SMILES string of the molecule is C[C@]12CCc3c(ccc4c(Br)c(O)ccc34)[C@@H]1C[C@@H](Br)C2=O. The van der Waals surface area contributed by atoms with E-state index >= 15 is 0 Å². The maximum atomic E-state index is 12.5. The van der Waals surface area contributed by atoms with Gasteiger partial charge in [-0.25, -0.2) is 0 Å². The zero-order valence-electron chi connectivity index (χ0n) is 12.2. The van der Waals surface area contributed by atoms with Crippen molar-refractivity contribution >= 4 is 48.4 Å². The number of hydrogen-bond donors (Lipinski definition) is 1. The van der Waals surface area contributed by atoms with Crippen LogP contribution in [0, 0.1) is 5.41 Å². The van der Waals surface area contributed by atoms with Gasteiger partial charge in [0.05, 0.1) is 9.30 Å². The normalized spacial score (nSPS) is 30.4. The fourth-order valence-electron chi connectivity index (χ4n) is 4.30. The Labute approximate surface area is 146 Å².